The number of rotatable bonds is 4. The molecule has 0 bridgehead atoms. The number of hydrogen-bond acceptors (Lipinski definition) is 7. The maximum Gasteiger partial charge on any atom is 0.240 e. The van der Waals surface area contributed by atoms with Crippen LogP contribution in [0.5, 0.6) is 11.5 Å². The van der Waals surface area contributed by atoms with Gasteiger partial charge in [-0.2, -0.15) is 4.98 Å². The molecule has 1 unspecified atom stereocenters. The average molecular weight is 353 g/mol. The van der Waals surface area contributed by atoms with Crippen LogP contribution in [0.15, 0.2) is 22.7 Å². The van der Waals surface area contributed by atoms with Gasteiger partial charge in [-0.05, 0) is 25.5 Å². The van der Waals surface area contributed by atoms with Crippen LogP contribution in [0.2, 0.25) is 0 Å². The summed E-state index contributed by atoms with van der Waals surface area (Å²) in [5.41, 5.74) is 6.71. The molecule has 2 aliphatic heterocycles. The Morgan fingerprint density at radius 2 is 2.12 bits per heavy atom. The number of nitrogens with two attached hydrogens (primary N) is 1. The molecule has 0 spiro atoms. The van der Waals surface area contributed by atoms with E-state index in [2.05, 4.69) is 21.1 Å². The number of aromatic nitrogens is 2. The van der Waals surface area contributed by atoms with Crippen molar-refractivity contribution in [2.24, 2.45) is 5.73 Å². The molecule has 3 heterocycles. The van der Waals surface area contributed by atoms with E-state index in [4.69, 9.17) is 19.7 Å². The minimum absolute atomic E-state index is 0. The van der Waals surface area contributed by atoms with Gasteiger partial charge in [0, 0.05) is 11.6 Å². The Labute approximate surface area is 146 Å². The molecular formula is C16H21ClN4O3. The van der Waals surface area contributed by atoms with E-state index >= 15 is 0 Å². The van der Waals surface area contributed by atoms with Crippen molar-refractivity contribution in [3.8, 4) is 11.5 Å². The topological polar surface area (TPSA) is 86.6 Å². The first kappa shape index (κ1) is 17.0. The lowest BCUT2D eigenvalue weighted by Gasteiger charge is -2.28. The highest BCUT2D eigenvalue weighted by molar-refractivity contribution is 5.85. The van der Waals surface area contributed by atoms with Crippen molar-refractivity contribution in [2.45, 2.75) is 32.0 Å². The Hall–Kier alpha value is -1.83. The molecule has 2 aliphatic rings. The van der Waals surface area contributed by atoms with Gasteiger partial charge in [-0.3, -0.25) is 4.90 Å². The first-order valence-corrected chi connectivity index (χ1v) is 7.99. The lowest BCUT2D eigenvalue weighted by molar-refractivity contribution is 0.163. The van der Waals surface area contributed by atoms with E-state index in [9.17, 15) is 0 Å². The molecule has 0 radical (unpaired) electrons. The van der Waals surface area contributed by atoms with E-state index in [1.54, 1.807) is 0 Å². The Balaban J connectivity index is 0.00000169. The van der Waals surface area contributed by atoms with Crippen LogP contribution < -0.4 is 15.2 Å². The normalized spacial score (nSPS) is 20.0. The molecule has 1 aromatic carbocycles. The van der Waals surface area contributed by atoms with E-state index in [1.807, 2.05) is 12.1 Å². The van der Waals surface area contributed by atoms with Crippen molar-refractivity contribution in [1.29, 1.82) is 0 Å². The molecule has 2 N–H and O–H groups in total. The van der Waals surface area contributed by atoms with Gasteiger partial charge in [0.1, 0.15) is 13.2 Å². The van der Waals surface area contributed by atoms with Gasteiger partial charge in [-0.1, -0.05) is 17.3 Å². The Bertz CT molecular complexity index is 694. The summed E-state index contributed by atoms with van der Waals surface area (Å²) in [5.74, 6) is 2.88. The van der Waals surface area contributed by atoms with E-state index in [0.717, 1.165) is 30.9 Å². The van der Waals surface area contributed by atoms with Crippen LogP contribution in [0.3, 0.4) is 0 Å². The monoisotopic (exact) mass is 352 g/mol. The summed E-state index contributed by atoms with van der Waals surface area (Å²) in [7, 11) is 0. The van der Waals surface area contributed by atoms with Crippen molar-refractivity contribution in [3.05, 3.63) is 35.5 Å². The summed E-state index contributed by atoms with van der Waals surface area (Å²) in [5, 5.41) is 4.00. The number of halogens is 1. The van der Waals surface area contributed by atoms with Crippen molar-refractivity contribution in [1.82, 2.24) is 15.0 Å². The molecule has 4 rings (SSSR count). The maximum absolute atomic E-state index is 5.87. The number of ether oxygens (including phenoxy) is 2. The fraction of sp³-hybridized carbons (Fsp3) is 0.500. The SMILES string of the molecule is Cl.NCc1nc(CN2CCCC2c2cccc3c2OCCO3)no1. The fourth-order valence-electron chi connectivity index (χ4n) is 3.35. The standard InChI is InChI=1S/C16H20N4O3.ClH/c17-9-15-18-14(19-23-15)10-20-6-2-4-12(20)11-3-1-5-13-16(11)22-8-7-21-13;/h1,3,5,12H,2,4,6-10,17H2;1H. The van der Waals surface area contributed by atoms with Gasteiger partial charge in [-0.25, -0.2) is 0 Å². The third-order valence-electron chi connectivity index (χ3n) is 4.35. The lowest BCUT2D eigenvalue weighted by Crippen LogP contribution is -2.25. The second-order valence-corrected chi connectivity index (χ2v) is 5.81. The molecule has 1 fully saturated rings. The summed E-state index contributed by atoms with van der Waals surface area (Å²) in [6.07, 6.45) is 2.22. The van der Waals surface area contributed by atoms with Crippen molar-refractivity contribution in [2.75, 3.05) is 19.8 Å². The molecule has 130 valence electrons. The number of para-hydroxylation sites is 1. The summed E-state index contributed by atoms with van der Waals surface area (Å²) in [6, 6.07) is 6.40. The molecule has 0 saturated carbocycles. The second kappa shape index (κ2) is 7.38. The number of hydrogen-bond donors (Lipinski definition) is 1. The Kier molecular flexibility index (Phi) is 5.23. The lowest BCUT2D eigenvalue weighted by atomic mass is 10.0. The highest BCUT2D eigenvalue weighted by Gasteiger charge is 2.31. The molecule has 7 nitrogen and oxygen atoms in total. The molecule has 0 aliphatic carbocycles. The third kappa shape index (κ3) is 3.19. The predicted molar refractivity (Wildman–Crippen MR) is 89.3 cm³/mol. The van der Waals surface area contributed by atoms with E-state index in [-0.39, 0.29) is 25.0 Å². The van der Waals surface area contributed by atoms with Crippen molar-refractivity contribution >= 4 is 12.4 Å². The van der Waals surface area contributed by atoms with Gasteiger partial charge < -0.3 is 19.7 Å². The van der Waals surface area contributed by atoms with Crippen molar-refractivity contribution < 1.29 is 14.0 Å². The van der Waals surface area contributed by atoms with Crippen LogP contribution in [0.25, 0.3) is 0 Å². The van der Waals surface area contributed by atoms with E-state index in [0.29, 0.717) is 31.5 Å². The van der Waals surface area contributed by atoms with Crippen LogP contribution in [0.4, 0.5) is 0 Å². The number of fused-ring (bicyclic) bond motifs is 1. The first-order valence-electron chi connectivity index (χ1n) is 7.99. The molecule has 8 heteroatoms. The van der Waals surface area contributed by atoms with Gasteiger partial charge in [-0.15, -0.1) is 12.4 Å². The summed E-state index contributed by atoms with van der Waals surface area (Å²) < 4.78 is 16.7. The van der Waals surface area contributed by atoms with Crippen LogP contribution >= 0.6 is 12.4 Å². The van der Waals surface area contributed by atoms with Gasteiger partial charge in [0.05, 0.1) is 13.1 Å². The molecular weight excluding hydrogens is 332 g/mol. The van der Waals surface area contributed by atoms with Crippen LogP contribution in [-0.2, 0) is 13.1 Å². The highest BCUT2D eigenvalue weighted by atomic mass is 35.5. The van der Waals surface area contributed by atoms with Gasteiger partial charge in [0.25, 0.3) is 0 Å². The third-order valence-corrected chi connectivity index (χ3v) is 4.35. The molecule has 0 amide bonds. The number of likely N-dealkylation sites (tertiary alicyclic amines) is 1. The van der Waals surface area contributed by atoms with E-state index < -0.39 is 0 Å². The largest absolute Gasteiger partial charge is 0.486 e. The molecule has 1 aromatic heterocycles. The zero-order valence-corrected chi connectivity index (χ0v) is 14.1. The maximum atomic E-state index is 5.87. The van der Waals surface area contributed by atoms with Gasteiger partial charge in [0.15, 0.2) is 17.3 Å². The van der Waals surface area contributed by atoms with Crippen LogP contribution in [0.1, 0.15) is 36.2 Å². The zero-order chi connectivity index (χ0) is 15.6. The first-order chi connectivity index (χ1) is 11.3. The highest BCUT2D eigenvalue weighted by Crippen LogP contribution is 2.43. The number of benzene rings is 1. The molecule has 2 aromatic rings. The minimum Gasteiger partial charge on any atom is -0.486 e. The molecule has 1 atom stereocenters. The fourth-order valence-corrected chi connectivity index (χ4v) is 3.35. The van der Waals surface area contributed by atoms with Crippen LogP contribution in [-0.4, -0.2) is 34.8 Å². The molecule has 24 heavy (non-hydrogen) atoms. The Morgan fingerprint density at radius 1 is 1.25 bits per heavy atom. The van der Waals surface area contributed by atoms with Gasteiger partial charge >= 0.3 is 0 Å². The quantitative estimate of drug-likeness (QED) is 0.901. The average Bonchev–Trinajstić information content (AvgIpc) is 3.24. The number of nitrogens with zero attached hydrogens (tertiary/aromatic N) is 3. The van der Waals surface area contributed by atoms with Crippen LogP contribution in [0, 0.1) is 0 Å². The Morgan fingerprint density at radius 3 is 2.96 bits per heavy atom. The van der Waals surface area contributed by atoms with Gasteiger partial charge in [0.2, 0.25) is 5.89 Å². The summed E-state index contributed by atoms with van der Waals surface area (Å²) >= 11 is 0. The molecule has 1 saturated heterocycles. The van der Waals surface area contributed by atoms with E-state index in [1.165, 1.54) is 5.56 Å². The second-order valence-electron chi connectivity index (χ2n) is 5.81. The summed E-state index contributed by atoms with van der Waals surface area (Å²) in [6.45, 7) is 3.13. The zero-order valence-electron chi connectivity index (χ0n) is 13.3. The minimum atomic E-state index is 0. The van der Waals surface area contributed by atoms with Crippen molar-refractivity contribution in [3.63, 3.8) is 0 Å². The smallest absolute Gasteiger partial charge is 0.240 e. The summed E-state index contributed by atoms with van der Waals surface area (Å²) in [4.78, 5) is 6.67. The predicted octanol–water partition coefficient (Wildman–Crippen LogP) is 2.06.